The lowest BCUT2D eigenvalue weighted by atomic mass is 10.1. The Labute approximate surface area is 137 Å². The predicted molar refractivity (Wildman–Crippen MR) is 93.5 cm³/mol. The van der Waals surface area contributed by atoms with Crippen LogP contribution in [-0.4, -0.2) is 30.1 Å². The number of rotatable bonds is 8. The van der Waals surface area contributed by atoms with E-state index < -0.39 is 0 Å². The van der Waals surface area contributed by atoms with E-state index in [1.165, 1.54) is 12.1 Å². The van der Waals surface area contributed by atoms with E-state index in [0.717, 1.165) is 42.9 Å². The van der Waals surface area contributed by atoms with Crippen LogP contribution in [0.3, 0.4) is 0 Å². The molecular weight excluding hydrogens is 291 g/mol. The Hall–Kier alpha value is -2.17. The molecule has 0 aliphatic carbocycles. The third-order valence-electron chi connectivity index (χ3n) is 3.69. The molecule has 1 aromatic carbocycles. The van der Waals surface area contributed by atoms with E-state index in [1.807, 2.05) is 13.0 Å². The number of hydrogen-bond acceptors (Lipinski definition) is 4. The van der Waals surface area contributed by atoms with Gasteiger partial charge in [-0.05, 0) is 37.5 Å². The van der Waals surface area contributed by atoms with Crippen molar-refractivity contribution in [3.8, 4) is 0 Å². The number of aromatic nitrogens is 2. The molecule has 0 fully saturated rings. The highest BCUT2D eigenvalue weighted by Gasteiger charge is 2.06. The number of nitrogens with one attached hydrogen (secondary N) is 1. The summed E-state index contributed by atoms with van der Waals surface area (Å²) in [5, 5.41) is 3.26. The molecule has 0 radical (unpaired) electrons. The normalized spacial score (nSPS) is 10.6. The lowest BCUT2D eigenvalue weighted by molar-refractivity contribution is 0.627. The van der Waals surface area contributed by atoms with Crippen molar-refractivity contribution in [1.82, 2.24) is 9.97 Å². The SMILES string of the molecule is CCCCN(C)c1cc(C)nc(NCCc2ccc(F)cc2)n1. The Morgan fingerprint density at radius 2 is 1.91 bits per heavy atom. The van der Waals surface area contributed by atoms with Gasteiger partial charge in [-0.2, -0.15) is 4.98 Å². The fraction of sp³-hybridized carbons (Fsp3) is 0.444. The molecule has 1 aromatic heterocycles. The minimum atomic E-state index is -0.205. The lowest BCUT2D eigenvalue weighted by Gasteiger charge is -2.19. The van der Waals surface area contributed by atoms with Gasteiger partial charge < -0.3 is 10.2 Å². The second kappa shape index (κ2) is 8.46. The first-order valence-electron chi connectivity index (χ1n) is 8.13. The van der Waals surface area contributed by atoms with Gasteiger partial charge in [0.1, 0.15) is 11.6 Å². The second-order valence-corrected chi connectivity index (χ2v) is 5.77. The van der Waals surface area contributed by atoms with Gasteiger partial charge in [0.2, 0.25) is 5.95 Å². The predicted octanol–water partition coefficient (Wildman–Crippen LogP) is 3.82. The number of halogens is 1. The maximum atomic E-state index is 12.9. The second-order valence-electron chi connectivity index (χ2n) is 5.77. The molecule has 0 aliphatic heterocycles. The fourth-order valence-corrected chi connectivity index (χ4v) is 2.31. The molecule has 0 saturated carbocycles. The summed E-state index contributed by atoms with van der Waals surface area (Å²) in [7, 11) is 2.06. The van der Waals surface area contributed by atoms with E-state index in [-0.39, 0.29) is 5.82 Å². The van der Waals surface area contributed by atoms with Crippen molar-refractivity contribution in [1.29, 1.82) is 0 Å². The molecule has 2 rings (SSSR count). The van der Waals surface area contributed by atoms with Gasteiger partial charge in [0.05, 0.1) is 0 Å². The number of hydrogen-bond donors (Lipinski definition) is 1. The molecule has 124 valence electrons. The molecule has 0 atom stereocenters. The number of nitrogens with zero attached hydrogens (tertiary/aromatic N) is 3. The van der Waals surface area contributed by atoms with E-state index in [0.29, 0.717) is 12.5 Å². The first-order chi connectivity index (χ1) is 11.1. The average Bonchev–Trinajstić information content (AvgIpc) is 2.54. The van der Waals surface area contributed by atoms with Crippen molar-refractivity contribution < 1.29 is 4.39 Å². The van der Waals surface area contributed by atoms with Crippen molar-refractivity contribution >= 4 is 11.8 Å². The Morgan fingerprint density at radius 3 is 2.61 bits per heavy atom. The molecule has 0 unspecified atom stereocenters. The molecular formula is C18H25FN4. The maximum Gasteiger partial charge on any atom is 0.224 e. The quantitative estimate of drug-likeness (QED) is 0.804. The Kier molecular flexibility index (Phi) is 6.32. The summed E-state index contributed by atoms with van der Waals surface area (Å²) in [4.78, 5) is 11.2. The monoisotopic (exact) mass is 316 g/mol. The molecule has 0 bridgehead atoms. The van der Waals surface area contributed by atoms with Gasteiger partial charge in [-0.25, -0.2) is 9.37 Å². The van der Waals surface area contributed by atoms with Crippen LogP contribution in [0, 0.1) is 12.7 Å². The van der Waals surface area contributed by atoms with Gasteiger partial charge in [0.15, 0.2) is 0 Å². The van der Waals surface area contributed by atoms with Crippen LogP contribution in [-0.2, 0) is 6.42 Å². The topological polar surface area (TPSA) is 41.1 Å². The van der Waals surface area contributed by atoms with Gasteiger partial charge in [-0.3, -0.25) is 0 Å². The van der Waals surface area contributed by atoms with Gasteiger partial charge in [0, 0.05) is 31.9 Å². The maximum absolute atomic E-state index is 12.9. The molecule has 0 spiro atoms. The molecule has 2 aromatic rings. The summed E-state index contributed by atoms with van der Waals surface area (Å²) in [6, 6.07) is 8.58. The molecule has 0 saturated heterocycles. The van der Waals surface area contributed by atoms with E-state index in [9.17, 15) is 4.39 Å². The Bertz CT molecular complexity index is 613. The summed E-state index contributed by atoms with van der Waals surface area (Å²) in [5.74, 6) is 1.38. The van der Waals surface area contributed by atoms with E-state index >= 15 is 0 Å². The smallest absolute Gasteiger partial charge is 0.224 e. The highest BCUT2D eigenvalue weighted by atomic mass is 19.1. The number of aryl methyl sites for hydroxylation is 1. The molecule has 0 amide bonds. The third-order valence-corrected chi connectivity index (χ3v) is 3.69. The first-order valence-corrected chi connectivity index (χ1v) is 8.13. The summed E-state index contributed by atoms with van der Waals surface area (Å²) in [6.45, 7) is 5.86. The minimum Gasteiger partial charge on any atom is -0.360 e. The van der Waals surface area contributed by atoms with E-state index in [1.54, 1.807) is 12.1 Å². The zero-order valence-corrected chi connectivity index (χ0v) is 14.1. The summed E-state index contributed by atoms with van der Waals surface area (Å²) < 4.78 is 12.9. The highest BCUT2D eigenvalue weighted by Crippen LogP contribution is 2.14. The Morgan fingerprint density at radius 1 is 1.17 bits per heavy atom. The zero-order chi connectivity index (χ0) is 16.7. The van der Waals surface area contributed by atoms with Gasteiger partial charge in [-0.15, -0.1) is 0 Å². The average molecular weight is 316 g/mol. The number of anilines is 2. The van der Waals surface area contributed by atoms with Crippen molar-refractivity contribution in [2.75, 3.05) is 30.4 Å². The van der Waals surface area contributed by atoms with Crippen LogP contribution in [0.1, 0.15) is 31.0 Å². The minimum absolute atomic E-state index is 0.205. The molecule has 1 heterocycles. The van der Waals surface area contributed by atoms with Crippen LogP contribution in [0.5, 0.6) is 0 Å². The van der Waals surface area contributed by atoms with E-state index in [4.69, 9.17) is 0 Å². The van der Waals surface area contributed by atoms with Crippen LogP contribution in [0.25, 0.3) is 0 Å². The van der Waals surface area contributed by atoms with Crippen LogP contribution in [0.4, 0.5) is 16.2 Å². The first kappa shape index (κ1) is 17.2. The van der Waals surface area contributed by atoms with Crippen molar-refractivity contribution in [3.63, 3.8) is 0 Å². The van der Waals surface area contributed by atoms with Gasteiger partial charge in [0.25, 0.3) is 0 Å². The number of unbranched alkanes of at least 4 members (excludes halogenated alkanes) is 1. The number of benzene rings is 1. The molecule has 4 nitrogen and oxygen atoms in total. The van der Waals surface area contributed by atoms with Crippen molar-refractivity contribution in [2.24, 2.45) is 0 Å². The lowest BCUT2D eigenvalue weighted by Crippen LogP contribution is -2.21. The Balaban J connectivity index is 1.94. The molecule has 5 heteroatoms. The molecule has 23 heavy (non-hydrogen) atoms. The van der Waals surface area contributed by atoms with Gasteiger partial charge >= 0.3 is 0 Å². The third kappa shape index (κ3) is 5.51. The zero-order valence-electron chi connectivity index (χ0n) is 14.1. The summed E-state index contributed by atoms with van der Waals surface area (Å²) in [6.07, 6.45) is 3.11. The van der Waals surface area contributed by atoms with Crippen LogP contribution >= 0.6 is 0 Å². The van der Waals surface area contributed by atoms with Crippen molar-refractivity contribution in [2.45, 2.75) is 33.1 Å². The van der Waals surface area contributed by atoms with Gasteiger partial charge in [-0.1, -0.05) is 25.5 Å². The van der Waals surface area contributed by atoms with Crippen LogP contribution in [0.15, 0.2) is 30.3 Å². The summed E-state index contributed by atoms with van der Waals surface area (Å²) >= 11 is 0. The highest BCUT2D eigenvalue weighted by molar-refractivity contribution is 5.44. The van der Waals surface area contributed by atoms with E-state index in [2.05, 4.69) is 34.2 Å². The van der Waals surface area contributed by atoms with Crippen molar-refractivity contribution in [3.05, 3.63) is 47.4 Å². The van der Waals surface area contributed by atoms with Crippen LogP contribution < -0.4 is 10.2 Å². The van der Waals surface area contributed by atoms with Crippen LogP contribution in [0.2, 0.25) is 0 Å². The standard InChI is InChI=1S/C18H25FN4/c1-4-5-12-23(3)17-13-14(2)21-18(22-17)20-11-10-15-6-8-16(19)9-7-15/h6-9,13H,4-5,10-12H2,1-3H3,(H,20,21,22). The fourth-order valence-electron chi connectivity index (χ4n) is 2.31. The molecule has 0 aliphatic rings. The summed E-state index contributed by atoms with van der Waals surface area (Å²) in [5.41, 5.74) is 2.04. The molecule has 1 N–H and O–H groups in total. The largest absolute Gasteiger partial charge is 0.360 e.